The third-order valence-electron chi connectivity index (χ3n) is 1.59. The number of hydrogen-bond donors (Lipinski definition) is 0. The van der Waals surface area contributed by atoms with E-state index in [1.807, 2.05) is 36.4 Å². The molecule has 10 nitrogen and oxygen atoms in total. The van der Waals surface area contributed by atoms with Crippen molar-refractivity contribution in [3.05, 3.63) is 48.8 Å². The Morgan fingerprint density at radius 3 is 1.18 bits per heavy atom. The van der Waals surface area contributed by atoms with Crippen LogP contribution in [0.15, 0.2) is 48.8 Å². The Kier molecular flexibility index (Phi) is 24.3. The van der Waals surface area contributed by atoms with E-state index >= 15 is 0 Å². The van der Waals surface area contributed by atoms with Crippen LogP contribution in [0.4, 0.5) is 0 Å². The zero-order chi connectivity index (χ0) is 12.7. The first-order valence-corrected chi connectivity index (χ1v) is 5.79. The van der Waals surface area contributed by atoms with Gasteiger partial charge in [-0.1, -0.05) is 12.1 Å². The molecule has 0 unspecified atom stereocenters. The predicted molar refractivity (Wildman–Crippen MR) is 77.4 cm³/mol. The SMILES string of the molecule is O=S(=O)([O-])[O-].[Cd+2].[OH3+].[OH3+].[OH3+].[OH3+].c1ccc(-c2ccccn2)nc1. The summed E-state index contributed by atoms with van der Waals surface area (Å²) in [5.41, 5.74) is 1.83. The monoisotopic (exact) mass is 442 g/mol. The van der Waals surface area contributed by atoms with E-state index in [1.54, 1.807) is 12.4 Å². The van der Waals surface area contributed by atoms with Gasteiger partial charge in [-0.05, 0) is 24.3 Å². The Morgan fingerprint density at radius 1 is 0.727 bits per heavy atom. The van der Waals surface area contributed by atoms with Gasteiger partial charge in [0.2, 0.25) is 0 Å². The van der Waals surface area contributed by atoms with E-state index in [1.165, 1.54) is 0 Å². The third-order valence-corrected chi connectivity index (χ3v) is 1.59. The van der Waals surface area contributed by atoms with Gasteiger partial charge in [0.15, 0.2) is 0 Å². The number of pyridine rings is 2. The number of hydrogen-bond acceptors (Lipinski definition) is 6. The standard InChI is InChI=1S/C10H8N2.Cd.H2O4S.4H2O/c1-3-7-11-9(5-1)10-6-2-4-8-12-10;;1-5(2,3)4;;;;/h1-8H;;(H2,1,2,3,4);4*1H2/q;+2;;;;;/p+2. The van der Waals surface area contributed by atoms with Crippen molar-refractivity contribution in [2.45, 2.75) is 0 Å². The molecule has 12 heteroatoms. The average Bonchev–Trinajstić information content (AvgIpc) is 2.29. The zero-order valence-electron chi connectivity index (χ0n) is 11.6. The van der Waals surface area contributed by atoms with Crippen LogP contribution in [0.5, 0.6) is 0 Å². The quantitative estimate of drug-likeness (QED) is 0.195. The second kappa shape index (κ2) is 16.3. The summed E-state index contributed by atoms with van der Waals surface area (Å²) in [4.78, 5) is 8.37. The average molecular weight is 441 g/mol. The van der Waals surface area contributed by atoms with Gasteiger partial charge < -0.3 is 31.0 Å². The van der Waals surface area contributed by atoms with Crippen LogP contribution in [-0.4, -0.2) is 27.5 Å². The van der Waals surface area contributed by atoms with Crippen LogP contribution in [0.2, 0.25) is 0 Å². The van der Waals surface area contributed by atoms with Crippen molar-refractivity contribution < 1.29 is 66.7 Å². The molecule has 0 aliphatic rings. The van der Waals surface area contributed by atoms with Gasteiger partial charge in [0.05, 0.1) is 11.4 Å². The molecule has 2 aromatic rings. The molecule has 2 aromatic heterocycles. The fourth-order valence-electron chi connectivity index (χ4n) is 1.03. The van der Waals surface area contributed by atoms with Gasteiger partial charge in [-0.3, -0.25) is 18.4 Å². The summed E-state index contributed by atoms with van der Waals surface area (Å²) >= 11 is 0. The molecule has 122 valence electrons. The Hall–Kier alpha value is -1.07. The van der Waals surface area contributed by atoms with Gasteiger partial charge in [0.25, 0.3) is 0 Å². The van der Waals surface area contributed by atoms with Crippen molar-refractivity contribution in [1.82, 2.24) is 9.97 Å². The fourth-order valence-corrected chi connectivity index (χ4v) is 1.03. The molecule has 0 aliphatic heterocycles. The molecule has 2 heterocycles. The molecule has 0 saturated carbocycles. The van der Waals surface area contributed by atoms with E-state index in [2.05, 4.69) is 9.97 Å². The molecule has 0 bridgehead atoms. The van der Waals surface area contributed by atoms with E-state index in [9.17, 15) is 0 Å². The van der Waals surface area contributed by atoms with Crippen LogP contribution in [0.25, 0.3) is 11.4 Å². The van der Waals surface area contributed by atoms with E-state index in [4.69, 9.17) is 17.5 Å². The molecule has 0 saturated heterocycles. The molecule has 0 aliphatic carbocycles. The van der Waals surface area contributed by atoms with Crippen LogP contribution in [0, 0.1) is 0 Å². The van der Waals surface area contributed by atoms with Crippen molar-refractivity contribution in [3.63, 3.8) is 0 Å². The van der Waals surface area contributed by atoms with Crippen LogP contribution in [-0.2, 0) is 59.6 Å². The molecular weight excluding hydrogens is 421 g/mol. The van der Waals surface area contributed by atoms with Crippen LogP contribution in [0.1, 0.15) is 0 Å². The molecule has 0 atom stereocenters. The first kappa shape index (κ1) is 32.8. The fraction of sp³-hybridized carbons (Fsp3) is 0. The number of nitrogens with zero attached hydrogens (tertiary/aromatic N) is 2. The van der Waals surface area contributed by atoms with E-state index < -0.39 is 10.4 Å². The minimum atomic E-state index is -5.17. The van der Waals surface area contributed by atoms with Crippen LogP contribution >= 0.6 is 0 Å². The Morgan fingerprint density at radius 2 is 1.00 bits per heavy atom. The smallest absolute Gasteiger partial charge is 0.759 e. The first-order chi connectivity index (χ1) is 7.97. The zero-order valence-corrected chi connectivity index (χ0v) is 16.4. The van der Waals surface area contributed by atoms with Gasteiger partial charge in [0, 0.05) is 22.8 Å². The summed E-state index contributed by atoms with van der Waals surface area (Å²) in [6.45, 7) is 0. The number of rotatable bonds is 1. The molecule has 2 rings (SSSR count). The Bertz CT molecular complexity index is 510. The third kappa shape index (κ3) is 17.0. The summed E-state index contributed by atoms with van der Waals surface area (Å²) in [6.07, 6.45) is 3.54. The maximum absolute atomic E-state index is 8.52. The normalized spacial score (nSPS) is 7.91. The predicted octanol–water partition coefficient (Wildman–Crippen LogP) is -2.88. The van der Waals surface area contributed by atoms with E-state index in [0.29, 0.717) is 0 Å². The molecule has 0 fully saturated rings. The van der Waals surface area contributed by atoms with Gasteiger partial charge >= 0.3 is 27.3 Å². The maximum atomic E-state index is 8.52. The second-order valence-corrected chi connectivity index (χ2v) is 3.65. The van der Waals surface area contributed by atoms with E-state index in [0.717, 1.165) is 11.4 Å². The molecule has 12 N–H and O–H groups in total. The minimum absolute atomic E-state index is 0. The summed E-state index contributed by atoms with van der Waals surface area (Å²) in [5.74, 6) is 0. The van der Waals surface area contributed by atoms with Crippen molar-refractivity contribution >= 4 is 10.4 Å². The molecule has 0 aromatic carbocycles. The first-order valence-electron chi connectivity index (χ1n) is 4.46. The topological polar surface area (TPSA) is 238 Å². The van der Waals surface area contributed by atoms with Gasteiger partial charge in [-0.25, -0.2) is 0 Å². The van der Waals surface area contributed by atoms with Crippen molar-refractivity contribution in [2.75, 3.05) is 0 Å². The summed E-state index contributed by atoms with van der Waals surface area (Å²) in [7, 11) is -5.17. The summed E-state index contributed by atoms with van der Waals surface area (Å²) in [5, 5.41) is 0. The molecule has 0 spiro atoms. The summed E-state index contributed by atoms with van der Waals surface area (Å²) < 4.78 is 34.1. The Balaban J connectivity index is -0.0000000870. The Labute approximate surface area is 147 Å². The minimum Gasteiger partial charge on any atom is -0.759 e. The number of aromatic nitrogens is 2. The second-order valence-electron chi connectivity index (χ2n) is 2.84. The molecule has 0 radical (unpaired) electrons. The van der Waals surface area contributed by atoms with Gasteiger partial charge in [-0.15, -0.1) is 0 Å². The van der Waals surface area contributed by atoms with Crippen LogP contribution in [0.3, 0.4) is 0 Å². The van der Waals surface area contributed by atoms with Gasteiger partial charge in [-0.2, -0.15) is 0 Å². The molecule has 22 heavy (non-hydrogen) atoms. The van der Waals surface area contributed by atoms with Crippen molar-refractivity contribution in [2.24, 2.45) is 0 Å². The van der Waals surface area contributed by atoms with Crippen molar-refractivity contribution in [3.8, 4) is 11.4 Å². The summed E-state index contributed by atoms with van der Waals surface area (Å²) in [6, 6.07) is 11.6. The molecule has 0 amide bonds. The van der Waals surface area contributed by atoms with Crippen LogP contribution < -0.4 is 0 Å². The van der Waals surface area contributed by atoms with Gasteiger partial charge in [0.1, 0.15) is 0 Å². The van der Waals surface area contributed by atoms with Crippen molar-refractivity contribution in [1.29, 1.82) is 0 Å². The van der Waals surface area contributed by atoms with E-state index in [-0.39, 0.29) is 49.2 Å². The molecular formula is C10H20CdN2O8S+4. The largest absolute Gasteiger partial charge is 2.00 e. The maximum Gasteiger partial charge on any atom is 2.00 e.